The lowest BCUT2D eigenvalue weighted by molar-refractivity contribution is 0.637. The van der Waals surface area contributed by atoms with E-state index in [1.54, 1.807) is 0 Å². The molecular weight excluding hydrogens is 306 g/mol. The van der Waals surface area contributed by atoms with E-state index in [4.69, 9.17) is 4.98 Å². The van der Waals surface area contributed by atoms with Crippen molar-refractivity contribution in [2.75, 3.05) is 0 Å². The van der Waals surface area contributed by atoms with Crippen molar-refractivity contribution in [2.45, 2.75) is 30.7 Å². The summed E-state index contributed by atoms with van der Waals surface area (Å²) in [5.41, 5.74) is 2.86. The molecule has 25 heavy (non-hydrogen) atoms. The highest BCUT2D eigenvalue weighted by atomic mass is 15.1. The summed E-state index contributed by atoms with van der Waals surface area (Å²) in [5, 5.41) is 10.3. The molecule has 1 heterocycles. The number of imidazole rings is 1. The summed E-state index contributed by atoms with van der Waals surface area (Å²) >= 11 is 0. The topological polar surface area (TPSA) is 41.6 Å². The summed E-state index contributed by atoms with van der Waals surface area (Å²) in [6.45, 7) is 4.59. The molecular formula is C22H19N3. The highest BCUT2D eigenvalue weighted by Crippen LogP contribution is 2.86. The molecule has 2 saturated carbocycles. The minimum Gasteiger partial charge on any atom is -0.323 e. The fourth-order valence-electron chi connectivity index (χ4n) is 4.89. The van der Waals surface area contributed by atoms with Gasteiger partial charge in [0.05, 0.1) is 17.1 Å². The second-order valence-electron chi connectivity index (χ2n) is 7.24. The van der Waals surface area contributed by atoms with Crippen molar-refractivity contribution in [3.63, 3.8) is 0 Å². The van der Waals surface area contributed by atoms with Gasteiger partial charge in [-0.05, 0) is 30.5 Å². The average molecular weight is 325 g/mol. The van der Waals surface area contributed by atoms with Crippen LogP contribution in [0.15, 0.2) is 67.3 Å². The number of hydrogen-bond donors (Lipinski definition) is 0. The fraction of sp³-hybridized carbons (Fsp3) is 0.273. The maximum atomic E-state index is 10.3. The minimum absolute atomic E-state index is 0.0728. The predicted molar refractivity (Wildman–Crippen MR) is 98.1 cm³/mol. The summed E-state index contributed by atoms with van der Waals surface area (Å²) in [4.78, 5) is 4.94. The Morgan fingerprint density at radius 3 is 2.56 bits per heavy atom. The first-order valence-electron chi connectivity index (χ1n) is 8.81. The molecule has 0 amide bonds. The van der Waals surface area contributed by atoms with E-state index in [9.17, 15) is 5.26 Å². The molecule has 2 atom stereocenters. The van der Waals surface area contributed by atoms with Crippen molar-refractivity contribution in [2.24, 2.45) is 5.41 Å². The Morgan fingerprint density at radius 2 is 1.88 bits per heavy atom. The van der Waals surface area contributed by atoms with Crippen LogP contribution in [-0.4, -0.2) is 9.55 Å². The molecule has 0 bridgehead atoms. The van der Waals surface area contributed by atoms with Crippen LogP contribution in [0.3, 0.4) is 0 Å². The Balaban J connectivity index is 1.75. The molecule has 1 aromatic heterocycles. The van der Waals surface area contributed by atoms with Gasteiger partial charge in [0.25, 0.3) is 0 Å². The number of rotatable bonds is 4. The van der Waals surface area contributed by atoms with Crippen molar-refractivity contribution in [3.05, 3.63) is 78.6 Å². The third-order valence-electron chi connectivity index (χ3n) is 6.10. The molecule has 122 valence electrons. The van der Waals surface area contributed by atoms with E-state index in [2.05, 4.69) is 47.5 Å². The zero-order valence-corrected chi connectivity index (χ0v) is 14.0. The summed E-state index contributed by atoms with van der Waals surface area (Å²) in [7, 11) is 0. The first kappa shape index (κ1) is 14.5. The Hall–Kier alpha value is -2.86. The normalized spacial score (nSPS) is 25.6. The second kappa shape index (κ2) is 4.83. The van der Waals surface area contributed by atoms with Gasteiger partial charge in [-0.25, -0.2) is 4.98 Å². The van der Waals surface area contributed by atoms with Gasteiger partial charge in [-0.3, -0.25) is 0 Å². The number of fused-ring (bicyclic) bond motifs is 1. The summed E-state index contributed by atoms with van der Waals surface area (Å²) in [6.07, 6.45) is 4.11. The van der Waals surface area contributed by atoms with Gasteiger partial charge in [0, 0.05) is 17.9 Å². The first-order valence-corrected chi connectivity index (χ1v) is 8.81. The van der Waals surface area contributed by atoms with Crippen molar-refractivity contribution < 1.29 is 0 Å². The molecule has 2 fully saturated rings. The number of nitriles is 1. The van der Waals surface area contributed by atoms with Crippen molar-refractivity contribution in [1.82, 2.24) is 9.55 Å². The van der Waals surface area contributed by atoms with E-state index in [-0.39, 0.29) is 11.3 Å². The van der Waals surface area contributed by atoms with Crippen LogP contribution in [0.2, 0.25) is 0 Å². The summed E-state index contributed by atoms with van der Waals surface area (Å²) < 4.78 is 2.19. The van der Waals surface area contributed by atoms with Gasteiger partial charge in [0.2, 0.25) is 0 Å². The Morgan fingerprint density at radius 1 is 1.16 bits per heavy atom. The number of nitrogens with zero attached hydrogens (tertiary/aromatic N) is 3. The van der Waals surface area contributed by atoms with Gasteiger partial charge in [-0.1, -0.05) is 48.5 Å². The monoisotopic (exact) mass is 325 g/mol. The van der Waals surface area contributed by atoms with Gasteiger partial charge in [0.15, 0.2) is 0 Å². The Labute approximate surface area is 147 Å². The number of hydrogen-bond acceptors (Lipinski definition) is 2. The second-order valence-corrected chi connectivity index (χ2v) is 7.24. The molecule has 3 nitrogen and oxygen atoms in total. The summed E-state index contributed by atoms with van der Waals surface area (Å²) in [5.74, 6) is 1.16. The van der Waals surface area contributed by atoms with Crippen LogP contribution >= 0.6 is 0 Å². The Kier molecular flexibility index (Phi) is 2.80. The van der Waals surface area contributed by atoms with Crippen LogP contribution in [0.25, 0.3) is 11.0 Å². The molecule has 1 spiro atoms. The SMILES string of the molecule is C=CCn1c([C@]2(C#N)[C@@H](c3ccccc3)C23CC3)nc2ccccc21. The molecule has 3 heteroatoms. The average Bonchev–Trinajstić information content (AvgIpc) is 3.53. The number of para-hydroxylation sites is 2. The van der Waals surface area contributed by atoms with E-state index in [0.717, 1.165) is 29.7 Å². The molecule has 0 N–H and O–H groups in total. The fourth-order valence-corrected chi connectivity index (χ4v) is 4.89. The lowest BCUT2D eigenvalue weighted by Crippen LogP contribution is -2.17. The van der Waals surface area contributed by atoms with Crippen LogP contribution in [0.4, 0.5) is 0 Å². The zero-order chi connectivity index (χ0) is 17.1. The molecule has 5 rings (SSSR count). The van der Waals surface area contributed by atoms with Crippen molar-refractivity contribution in [1.29, 1.82) is 5.26 Å². The molecule has 0 aliphatic heterocycles. The highest BCUT2D eigenvalue weighted by Gasteiger charge is 2.85. The van der Waals surface area contributed by atoms with Crippen molar-refractivity contribution >= 4 is 11.0 Å². The van der Waals surface area contributed by atoms with E-state index < -0.39 is 5.41 Å². The van der Waals surface area contributed by atoms with Crippen molar-refractivity contribution in [3.8, 4) is 6.07 Å². The van der Waals surface area contributed by atoms with E-state index in [1.807, 2.05) is 30.3 Å². The highest BCUT2D eigenvalue weighted by molar-refractivity contribution is 5.77. The lowest BCUT2D eigenvalue weighted by atomic mass is 9.99. The minimum atomic E-state index is -0.517. The number of benzene rings is 2. The molecule has 2 aliphatic carbocycles. The molecule has 2 aromatic carbocycles. The molecule has 0 unspecified atom stereocenters. The third kappa shape index (κ3) is 1.67. The lowest BCUT2D eigenvalue weighted by Gasteiger charge is -2.12. The van der Waals surface area contributed by atoms with Gasteiger partial charge in [-0.2, -0.15) is 5.26 Å². The summed E-state index contributed by atoms with van der Waals surface area (Å²) in [6, 6.07) is 21.3. The first-order chi connectivity index (χ1) is 12.3. The molecule has 3 aromatic rings. The van der Waals surface area contributed by atoms with Crippen LogP contribution in [-0.2, 0) is 12.0 Å². The maximum absolute atomic E-state index is 10.3. The van der Waals surface area contributed by atoms with Crippen LogP contribution in [0.5, 0.6) is 0 Å². The van der Waals surface area contributed by atoms with Gasteiger partial charge in [-0.15, -0.1) is 6.58 Å². The van der Waals surface area contributed by atoms with Crippen LogP contribution in [0.1, 0.15) is 30.1 Å². The quantitative estimate of drug-likeness (QED) is 0.660. The van der Waals surface area contributed by atoms with Gasteiger partial charge < -0.3 is 4.57 Å². The number of aromatic nitrogens is 2. The third-order valence-corrected chi connectivity index (χ3v) is 6.10. The smallest absolute Gasteiger partial charge is 0.131 e. The van der Waals surface area contributed by atoms with Crippen LogP contribution < -0.4 is 0 Å². The predicted octanol–water partition coefficient (Wildman–Crippen LogP) is 4.56. The van der Waals surface area contributed by atoms with E-state index in [0.29, 0.717) is 6.54 Å². The van der Waals surface area contributed by atoms with E-state index in [1.165, 1.54) is 5.56 Å². The van der Waals surface area contributed by atoms with Gasteiger partial charge in [0.1, 0.15) is 11.2 Å². The van der Waals surface area contributed by atoms with Gasteiger partial charge >= 0.3 is 0 Å². The largest absolute Gasteiger partial charge is 0.323 e. The standard InChI is InChI=1S/C22H19N3/c1-2-14-25-18-11-7-6-10-17(18)24-20(25)22(15-23)19(21(22)12-13-21)16-8-4-3-5-9-16/h2-11,19H,1,12-14H2/t19-,22-/m0/s1. The zero-order valence-electron chi connectivity index (χ0n) is 14.0. The maximum Gasteiger partial charge on any atom is 0.131 e. The molecule has 0 radical (unpaired) electrons. The van der Waals surface area contributed by atoms with E-state index >= 15 is 0 Å². The Bertz CT molecular complexity index is 1020. The molecule has 0 saturated heterocycles. The number of allylic oxidation sites excluding steroid dienone is 1. The van der Waals surface area contributed by atoms with Crippen LogP contribution in [0, 0.1) is 16.7 Å². The molecule has 2 aliphatic rings.